The maximum absolute atomic E-state index is 5.71. The van der Waals surface area contributed by atoms with Crippen LogP contribution in [0.4, 0.5) is 0 Å². The number of fused-ring (bicyclic) bond motifs is 1. The van der Waals surface area contributed by atoms with Crippen LogP contribution in [0.15, 0.2) is 30.6 Å². The van der Waals surface area contributed by atoms with Gasteiger partial charge in [0.15, 0.2) is 6.67 Å². The fourth-order valence-corrected chi connectivity index (χ4v) is 4.90. The van der Waals surface area contributed by atoms with Crippen LogP contribution >= 0.6 is 12.2 Å². The molecule has 0 radical (unpaired) electrons. The Hall–Kier alpha value is -1.66. The van der Waals surface area contributed by atoms with Crippen molar-refractivity contribution in [1.29, 1.82) is 0 Å². The van der Waals surface area contributed by atoms with Crippen LogP contribution in [-0.2, 0) is 6.67 Å². The van der Waals surface area contributed by atoms with Gasteiger partial charge in [-0.2, -0.15) is 9.78 Å². The van der Waals surface area contributed by atoms with E-state index < -0.39 is 0 Å². The van der Waals surface area contributed by atoms with Gasteiger partial charge in [-0.1, -0.05) is 12.5 Å². The van der Waals surface area contributed by atoms with Gasteiger partial charge in [0.25, 0.3) is 0 Å². The molecule has 5 nitrogen and oxygen atoms in total. The first-order valence-corrected chi connectivity index (χ1v) is 9.80. The molecule has 4 rings (SSSR count). The van der Waals surface area contributed by atoms with Crippen molar-refractivity contribution in [3.8, 4) is 11.4 Å². The number of aromatic nitrogens is 3. The molecule has 25 heavy (non-hydrogen) atoms. The van der Waals surface area contributed by atoms with Crippen LogP contribution in [0.25, 0.3) is 5.69 Å². The lowest BCUT2D eigenvalue weighted by atomic mass is 9.78. The first-order valence-electron chi connectivity index (χ1n) is 9.40. The molecule has 134 valence electrons. The SMILES string of the molecule is COc1cccc(-n2cnn(C[NH+]3CCC[C@H]4CCCC[C@@H]43)c2=S)c1. The molecule has 6 heteroatoms. The van der Waals surface area contributed by atoms with Crippen LogP contribution < -0.4 is 9.64 Å². The lowest BCUT2D eigenvalue weighted by Gasteiger charge is -2.40. The smallest absolute Gasteiger partial charge is 0.207 e. The summed E-state index contributed by atoms with van der Waals surface area (Å²) in [6.45, 7) is 2.13. The zero-order valence-electron chi connectivity index (χ0n) is 14.9. The Bertz CT molecular complexity index is 782. The lowest BCUT2D eigenvalue weighted by molar-refractivity contribution is -0.958. The van der Waals surface area contributed by atoms with Crippen molar-refractivity contribution in [2.24, 2.45) is 5.92 Å². The molecule has 1 aliphatic heterocycles. The molecule has 1 saturated carbocycles. The van der Waals surface area contributed by atoms with E-state index in [0.29, 0.717) is 0 Å². The number of benzene rings is 1. The third kappa shape index (κ3) is 3.37. The second-order valence-corrected chi connectivity index (χ2v) is 7.71. The van der Waals surface area contributed by atoms with Gasteiger partial charge in [-0.15, -0.1) is 0 Å². The summed E-state index contributed by atoms with van der Waals surface area (Å²) in [5.74, 6) is 1.74. The minimum Gasteiger partial charge on any atom is -0.497 e. The fraction of sp³-hybridized carbons (Fsp3) is 0.579. The summed E-state index contributed by atoms with van der Waals surface area (Å²) in [6, 6.07) is 8.75. The zero-order chi connectivity index (χ0) is 17.2. The Labute approximate surface area is 154 Å². The summed E-state index contributed by atoms with van der Waals surface area (Å²) in [4.78, 5) is 1.67. The highest BCUT2D eigenvalue weighted by Crippen LogP contribution is 2.28. The van der Waals surface area contributed by atoms with Crippen molar-refractivity contribution in [2.75, 3.05) is 13.7 Å². The molecule has 1 aliphatic carbocycles. The summed E-state index contributed by atoms with van der Waals surface area (Å²) >= 11 is 5.71. The van der Waals surface area contributed by atoms with Gasteiger partial charge >= 0.3 is 0 Å². The minimum atomic E-state index is 0.763. The summed E-state index contributed by atoms with van der Waals surface area (Å²) in [6.07, 6.45) is 10.2. The largest absolute Gasteiger partial charge is 0.497 e. The molecule has 1 N–H and O–H groups in total. The molecule has 1 unspecified atom stereocenters. The number of hydrogen-bond donors (Lipinski definition) is 1. The first kappa shape index (κ1) is 16.8. The number of nitrogens with zero attached hydrogens (tertiary/aromatic N) is 3. The van der Waals surface area contributed by atoms with E-state index >= 15 is 0 Å². The van der Waals surface area contributed by atoms with Crippen molar-refractivity contribution >= 4 is 12.2 Å². The van der Waals surface area contributed by atoms with E-state index in [9.17, 15) is 0 Å². The van der Waals surface area contributed by atoms with E-state index in [1.165, 1.54) is 45.1 Å². The van der Waals surface area contributed by atoms with Crippen LogP contribution in [0.1, 0.15) is 38.5 Å². The van der Waals surface area contributed by atoms with Gasteiger partial charge in [0.1, 0.15) is 12.1 Å². The molecule has 1 saturated heterocycles. The monoisotopic (exact) mass is 359 g/mol. The Morgan fingerprint density at radius 1 is 1.24 bits per heavy atom. The van der Waals surface area contributed by atoms with Crippen LogP contribution in [-0.4, -0.2) is 34.0 Å². The van der Waals surface area contributed by atoms with Gasteiger partial charge in [0, 0.05) is 12.0 Å². The highest BCUT2D eigenvalue weighted by Gasteiger charge is 2.36. The number of methoxy groups -OCH3 is 1. The number of ether oxygens (including phenoxy) is 1. The Morgan fingerprint density at radius 2 is 2.08 bits per heavy atom. The van der Waals surface area contributed by atoms with E-state index in [-0.39, 0.29) is 0 Å². The molecule has 1 aromatic carbocycles. The van der Waals surface area contributed by atoms with Crippen molar-refractivity contribution in [3.63, 3.8) is 0 Å². The van der Waals surface area contributed by atoms with Gasteiger partial charge in [-0.05, 0) is 56.5 Å². The van der Waals surface area contributed by atoms with Crippen LogP contribution in [0.3, 0.4) is 0 Å². The standard InChI is InChI=1S/C19H26N4OS/c1-24-17-9-4-8-16(12-17)22-13-20-23(19(22)25)14-21-11-5-7-15-6-2-3-10-18(15)21/h4,8-9,12-13,15,18H,2-3,5-7,10-11,14H2,1H3/p+1/t15-,18+/m1/s1. The Balaban J connectivity index is 1.55. The molecule has 2 heterocycles. The van der Waals surface area contributed by atoms with Gasteiger partial charge in [-0.3, -0.25) is 4.57 Å². The summed E-state index contributed by atoms with van der Waals surface area (Å²) < 4.78 is 10.1. The predicted octanol–water partition coefficient (Wildman–Crippen LogP) is 2.61. The Morgan fingerprint density at radius 3 is 2.96 bits per heavy atom. The Kier molecular flexibility index (Phi) is 4.90. The number of quaternary nitrogens is 1. The quantitative estimate of drug-likeness (QED) is 0.853. The van der Waals surface area contributed by atoms with Gasteiger partial charge in [0.2, 0.25) is 4.77 Å². The molecular weight excluding hydrogens is 332 g/mol. The molecule has 3 atom stereocenters. The van der Waals surface area contributed by atoms with E-state index in [1.54, 1.807) is 12.0 Å². The van der Waals surface area contributed by atoms with Gasteiger partial charge in [-0.25, -0.2) is 0 Å². The maximum Gasteiger partial charge on any atom is 0.207 e. The minimum absolute atomic E-state index is 0.763. The number of likely N-dealkylation sites (tertiary alicyclic amines) is 1. The average molecular weight is 360 g/mol. The second kappa shape index (κ2) is 7.30. The van der Waals surface area contributed by atoms with Gasteiger partial charge in [0.05, 0.1) is 25.4 Å². The molecule has 2 aromatic rings. The van der Waals surface area contributed by atoms with Crippen molar-refractivity contribution in [3.05, 3.63) is 35.4 Å². The lowest BCUT2D eigenvalue weighted by Crippen LogP contribution is -3.17. The maximum atomic E-state index is 5.71. The van der Waals surface area contributed by atoms with Crippen LogP contribution in [0.2, 0.25) is 0 Å². The number of nitrogens with one attached hydrogen (secondary N) is 1. The topological polar surface area (TPSA) is 36.4 Å². The highest BCUT2D eigenvalue weighted by atomic mass is 32.1. The number of piperidine rings is 1. The van der Waals surface area contributed by atoms with E-state index in [2.05, 4.69) is 5.10 Å². The third-order valence-corrected chi connectivity index (χ3v) is 6.33. The molecule has 2 fully saturated rings. The summed E-state index contributed by atoms with van der Waals surface area (Å²) in [5.41, 5.74) is 1.000. The van der Waals surface area contributed by atoms with Gasteiger partial charge < -0.3 is 9.64 Å². The van der Waals surface area contributed by atoms with Crippen molar-refractivity contribution in [1.82, 2.24) is 14.3 Å². The third-order valence-electron chi connectivity index (χ3n) is 5.92. The molecule has 0 bridgehead atoms. The number of hydrogen-bond acceptors (Lipinski definition) is 3. The molecule has 2 aliphatic rings. The first-order chi connectivity index (χ1) is 12.3. The molecular formula is C19H27N4OS+. The summed E-state index contributed by atoms with van der Waals surface area (Å²) in [7, 11) is 1.68. The predicted molar refractivity (Wildman–Crippen MR) is 99.7 cm³/mol. The molecule has 1 aromatic heterocycles. The van der Waals surface area contributed by atoms with Crippen LogP contribution in [0.5, 0.6) is 5.75 Å². The molecule has 0 spiro atoms. The van der Waals surface area contributed by atoms with Crippen LogP contribution in [0, 0.1) is 10.7 Å². The second-order valence-electron chi connectivity index (χ2n) is 7.34. The fourth-order valence-electron chi connectivity index (χ4n) is 4.64. The summed E-state index contributed by atoms with van der Waals surface area (Å²) in [5, 5.41) is 4.59. The normalized spacial score (nSPS) is 26.2. The van der Waals surface area contributed by atoms with Crippen molar-refractivity contribution < 1.29 is 9.64 Å². The average Bonchev–Trinajstić information content (AvgIpc) is 3.02. The van der Waals surface area contributed by atoms with E-state index in [0.717, 1.165) is 34.8 Å². The van der Waals surface area contributed by atoms with E-state index in [4.69, 9.17) is 17.0 Å². The number of rotatable bonds is 4. The zero-order valence-corrected chi connectivity index (χ0v) is 15.7. The highest BCUT2D eigenvalue weighted by molar-refractivity contribution is 7.71. The van der Waals surface area contributed by atoms with Crippen molar-refractivity contribution in [2.45, 2.75) is 51.2 Å². The van der Waals surface area contributed by atoms with E-state index in [1.807, 2.05) is 39.8 Å². The molecule has 0 amide bonds.